The fourth-order valence-corrected chi connectivity index (χ4v) is 3.71. The van der Waals surface area contributed by atoms with Crippen molar-refractivity contribution in [3.63, 3.8) is 0 Å². The number of pyridine rings is 1. The smallest absolute Gasteiger partial charge is 0.254 e. The van der Waals surface area contributed by atoms with Gasteiger partial charge in [-0.3, -0.25) is 4.79 Å². The molecule has 0 radical (unpaired) electrons. The van der Waals surface area contributed by atoms with Gasteiger partial charge in [0.2, 0.25) is 0 Å². The lowest BCUT2D eigenvalue weighted by atomic mass is 10.1. The normalized spacial score (nSPS) is 17.6. The van der Waals surface area contributed by atoms with Crippen LogP contribution in [0.5, 0.6) is 0 Å². The molecule has 1 fully saturated rings. The number of anilines is 1. The van der Waals surface area contributed by atoms with Crippen LogP contribution >= 0.6 is 11.8 Å². The molecular formula is C16H25N3OS. The summed E-state index contributed by atoms with van der Waals surface area (Å²) in [6.07, 6.45) is 1.93. The van der Waals surface area contributed by atoms with Crippen molar-refractivity contribution in [1.82, 2.24) is 9.88 Å². The highest BCUT2D eigenvalue weighted by Gasteiger charge is 2.30. The molecule has 1 aliphatic rings. The second kappa shape index (κ2) is 6.69. The van der Waals surface area contributed by atoms with Crippen LogP contribution in [0.1, 0.15) is 43.2 Å². The third-order valence-electron chi connectivity index (χ3n) is 3.60. The number of nitrogens with zero attached hydrogens (tertiary/aromatic N) is 2. The Morgan fingerprint density at radius 2 is 2.24 bits per heavy atom. The van der Waals surface area contributed by atoms with E-state index in [2.05, 4.69) is 31.1 Å². The Morgan fingerprint density at radius 1 is 1.48 bits per heavy atom. The minimum absolute atomic E-state index is 0.125. The summed E-state index contributed by atoms with van der Waals surface area (Å²) in [4.78, 5) is 19.3. The van der Waals surface area contributed by atoms with Crippen LogP contribution in [0, 0.1) is 0 Å². The van der Waals surface area contributed by atoms with Crippen molar-refractivity contribution >= 4 is 23.5 Å². The Kier molecular flexibility index (Phi) is 5.14. The summed E-state index contributed by atoms with van der Waals surface area (Å²) >= 11 is 1.94. The number of aryl methyl sites for hydroxylation is 1. The number of amides is 1. The summed E-state index contributed by atoms with van der Waals surface area (Å²) in [5.41, 5.74) is 1.74. The number of hydrogen-bond donors (Lipinski definition) is 1. The maximum absolute atomic E-state index is 12.8. The maximum atomic E-state index is 12.8. The molecule has 0 bridgehead atoms. The van der Waals surface area contributed by atoms with E-state index in [0.717, 1.165) is 48.8 Å². The topological polar surface area (TPSA) is 45.2 Å². The van der Waals surface area contributed by atoms with Gasteiger partial charge in [-0.2, -0.15) is 11.8 Å². The second-order valence-corrected chi connectivity index (χ2v) is 7.87. The minimum Gasteiger partial charge on any atom is -0.373 e. The third kappa shape index (κ3) is 4.13. The number of nitrogens with one attached hydrogen (secondary N) is 1. The molecule has 4 nitrogen and oxygen atoms in total. The first kappa shape index (κ1) is 16.1. The average molecular weight is 307 g/mol. The van der Waals surface area contributed by atoms with Crippen molar-refractivity contribution in [2.45, 2.75) is 38.4 Å². The van der Waals surface area contributed by atoms with Crippen LogP contribution in [0.25, 0.3) is 0 Å². The molecule has 0 aromatic carbocycles. The van der Waals surface area contributed by atoms with E-state index in [1.807, 2.05) is 35.8 Å². The third-order valence-corrected chi connectivity index (χ3v) is 4.90. The molecule has 1 aromatic heterocycles. The molecule has 2 rings (SSSR count). The van der Waals surface area contributed by atoms with E-state index < -0.39 is 0 Å². The molecule has 116 valence electrons. The van der Waals surface area contributed by atoms with Crippen molar-refractivity contribution < 1.29 is 4.79 Å². The van der Waals surface area contributed by atoms with Gasteiger partial charge < -0.3 is 10.2 Å². The van der Waals surface area contributed by atoms with Crippen molar-refractivity contribution in [2.75, 3.05) is 31.2 Å². The molecular weight excluding hydrogens is 282 g/mol. The van der Waals surface area contributed by atoms with Gasteiger partial charge >= 0.3 is 0 Å². The predicted octanol–water partition coefficient (Wildman–Crippen LogP) is 3.04. The molecule has 5 heteroatoms. The SMILES string of the molecule is CCCc1cc(C(=O)N2CCSC(C)(C)C2)cc(NC)n1. The van der Waals surface area contributed by atoms with Gasteiger partial charge in [0.25, 0.3) is 5.91 Å². The zero-order valence-electron chi connectivity index (χ0n) is 13.4. The van der Waals surface area contributed by atoms with E-state index in [1.165, 1.54) is 0 Å². The summed E-state index contributed by atoms with van der Waals surface area (Å²) in [5.74, 6) is 1.90. The van der Waals surface area contributed by atoms with Crippen LogP contribution in [-0.4, -0.2) is 46.4 Å². The molecule has 1 aliphatic heterocycles. The zero-order chi connectivity index (χ0) is 15.5. The molecule has 21 heavy (non-hydrogen) atoms. The molecule has 2 heterocycles. The molecule has 1 saturated heterocycles. The molecule has 0 aliphatic carbocycles. The van der Waals surface area contributed by atoms with Gasteiger partial charge in [0.05, 0.1) is 0 Å². The van der Waals surface area contributed by atoms with Crippen molar-refractivity contribution in [1.29, 1.82) is 0 Å². The maximum Gasteiger partial charge on any atom is 0.254 e. The summed E-state index contributed by atoms with van der Waals surface area (Å²) in [7, 11) is 1.84. The minimum atomic E-state index is 0.125. The molecule has 0 spiro atoms. The van der Waals surface area contributed by atoms with Crippen LogP contribution in [-0.2, 0) is 6.42 Å². The van der Waals surface area contributed by atoms with Gasteiger partial charge in [0.1, 0.15) is 5.82 Å². The molecule has 1 amide bonds. The lowest BCUT2D eigenvalue weighted by Crippen LogP contribution is -2.46. The van der Waals surface area contributed by atoms with Crippen LogP contribution in [0.15, 0.2) is 12.1 Å². The van der Waals surface area contributed by atoms with E-state index in [4.69, 9.17) is 0 Å². The summed E-state index contributed by atoms with van der Waals surface area (Å²) in [6.45, 7) is 8.15. The number of carbonyl (C=O) groups is 1. The Labute approximate surface area is 131 Å². The Hall–Kier alpha value is -1.23. The Morgan fingerprint density at radius 3 is 2.86 bits per heavy atom. The van der Waals surface area contributed by atoms with Gasteiger partial charge in [-0.15, -0.1) is 0 Å². The van der Waals surface area contributed by atoms with Crippen LogP contribution in [0.4, 0.5) is 5.82 Å². The average Bonchev–Trinajstić information content (AvgIpc) is 2.45. The number of rotatable bonds is 4. The number of carbonyl (C=O) groups excluding carboxylic acids is 1. The van der Waals surface area contributed by atoms with Crippen LogP contribution < -0.4 is 5.32 Å². The zero-order valence-corrected chi connectivity index (χ0v) is 14.2. The van der Waals surface area contributed by atoms with E-state index >= 15 is 0 Å². The highest BCUT2D eigenvalue weighted by molar-refractivity contribution is 8.00. The van der Waals surface area contributed by atoms with E-state index in [0.29, 0.717) is 0 Å². The fraction of sp³-hybridized carbons (Fsp3) is 0.625. The van der Waals surface area contributed by atoms with Gasteiger partial charge in [0.15, 0.2) is 0 Å². The predicted molar refractivity (Wildman–Crippen MR) is 90.2 cm³/mol. The number of aromatic nitrogens is 1. The highest BCUT2D eigenvalue weighted by Crippen LogP contribution is 2.30. The Balaban J connectivity index is 2.23. The van der Waals surface area contributed by atoms with E-state index in [-0.39, 0.29) is 10.7 Å². The fourth-order valence-electron chi connectivity index (χ4n) is 2.60. The van der Waals surface area contributed by atoms with E-state index in [1.54, 1.807) is 0 Å². The molecule has 0 unspecified atom stereocenters. The summed E-state index contributed by atoms with van der Waals surface area (Å²) < 4.78 is 0.138. The molecule has 1 N–H and O–H groups in total. The molecule has 1 aromatic rings. The summed E-state index contributed by atoms with van der Waals surface area (Å²) in [5, 5.41) is 3.05. The van der Waals surface area contributed by atoms with Crippen molar-refractivity contribution in [3.8, 4) is 0 Å². The van der Waals surface area contributed by atoms with E-state index in [9.17, 15) is 4.79 Å². The lowest BCUT2D eigenvalue weighted by molar-refractivity contribution is 0.0748. The Bertz CT molecular complexity index is 516. The first-order chi connectivity index (χ1) is 9.95. The molecule has 0 atom stereocenters. The highest BCUT2D eigenvalue weighted by atomic mass is 32.2. The first-order valence-corrected chi connectivity index (χ1v) is 8.55. The van der Waals surface area contributed by atoms with Crippen molar-refractivity contribution in [2.24, 2.45) is 0 Å². The van der Waals surface area contributed by atoms with Crippen LogP contribution in [0.2, 0.25) is 0 Å². The second-order valence-electron chi connectivity index (χ2n) is 6.07. The lowest BCUT2D eigenvalue weighted by Gasteiger charge is -2.37. The standard InChI is InChI=1S/C16H25N3OS/c1-5-6-13-9-12(10-14(17-4)18-13)15(20)19-7-8-21-16(2,3)11-19/h9-10H,5-8,11H2,1-4H3,(H,17,18). The number of thioether (sulfide) groups is 1. The van der Waals surface area contributed by atoms with Gasteiger partial charge in [-0.05, 0) is 32.4 Å². The largest absolute Gasteiger partial charge is 0.373 e. The monoisotopic (exact) mass is 307 g/mol. The molecule has 0 saturated carbocycles. The van der Waals surface area contributed by atoms with Crippen molar-refractivity contribution in [3.05, 3.63) is 23.4 Å². The number of hydrogen-bond acceptors (Lipinski definition) is 4. The van der Waals surface area contributed by atoms with Gasteiger partial charge in [-0.25, -0.2) is 4.98 Å². The van der Waals surface area contributed by atoms with Gasteiger partial charge in [0, 0.05) is 41.9 Å². The quantitative estimate of drug-likeness (QED) is 0.928. The summed E-state index contributed by atoms with van der Waals surface area (Å²) in [6, 6.07) is 3.80. The van der Waals surface area contributed by atoms with Crippen LogP contribution in [0.3, 0.4) is 0 Å². The first-order valence-electron chi connectivity index (χ1n) is 7.57. The van der Waals surface area contributed by atoms with Gasteiger partial charge in [-0.1, -0.05) is 13.3 Å².